The summed E-state index contributed by atoms with van der Waals surface area (Å²) in [5, 5.41) is 0. The molecule has 4 aliphatic carbocycles. The minimum absolute atomic E-state index is 0.0687. The Hall–Kier alpha value is -0.440. The van der Waals surface area contributed by atoms with Crippen LogP contribution in [-0.2, 0) is 9.53 Å². The first-order valence-corrected chi connectivity index (χ1v) is 14.8. The van der Waals surface area contributed by atoms with Gasteiger partial charge in [-0.15, -0.1) is 0 Å². The number of carbonyl (C=O) groups excluding carboxylic acids is 1. The van der Waals surface area contributed by atoms with Gasteiger partial charge < -0.3 is 4.74 Å². The van der Waals surface area contributed by atoms with E-state index in [1.165, 1.54) is 57.8 Å². The fourth-order valence-corrected chi connectivity index (χ4v) is 9.27. The van der Waals surface area contributed by atoms with E-state index in [0.717, 1.165) is 48.3 Å². The number of rotatable bonds is 8. The molecule has 0 amide bonds. The first kappa shape index (κ1) is 25.6. The Morgan fingerprint density at radius 2 is 1.88 bits per heavy atom. The highest BCUT2D eigenvalue weighted by molar-refractivity contribution is 7.80. The highest BCUT2D eigenvalue weighted by Gasteiger charge is 2.59. The van der Waals surface area contributed by atoms with Crippen LogP contribution in [0.3, 0.4) is 0 Å². The van der Waals surface area contributed by atoms with Crippen LogP contribution in [0.1, 0.15) is 112 Å². The van der Waals surface area contributed by atoms with E-state index in [4.69, 9.17) is 4.74 Å². The zero-order valence-electron chi connectivity index (χ0n) is 22.1. The quantitative estimate of drug-likeness (QED) is 0.218. The second kappa shape index (κ2) is 10.3. The lowest BCUT2D eigenvalue weighted by Crippen LogP contribution is -2.51. The maximum atomic E-state index is 12.0. The van der Waals surface area contributed by atoms with Crippen LogP contribution in [-0.4, -0.2) is 17.8 Å². The van der Waals surface area contributed by atoms with Crippen molar-refractivity contribution in [3.05, 3.63) is 11.6 Å². The summed E-state index contributed by atoms with van der Waals surface area (Å²) in [6.07, 6.45) is 17.6. The van der Waals surface area contributed by atoms with E-state index < -0.39 is 0 Å². The summed E-state index contributed by atoms with van der Waals surface area (Å²) < 4.78 is 5.81. The first-order chi connectivity index (χ1) is 15.7. The Kier molecular flexibility index (Phi) is 7.99. The van der Waals surface area contributed by atoms with Crippen molar-refractivity contribution in [2.24, 2.45) is 46.3 Å². The van der Waals surface area contributed by atoms with E-state index in [1.54, 1.807) is 5.57 Å². The molecule has 0 unspecified atom stereocenters. The van der Waals surface area contributed by atoms with E-state index >= 15 is 0 Å². The number of allylic oxidation sites excluding steroid dienone is 1. The molecule has 0 bridgehead atoms. The summed E-state index contributed by atoms with van der Waals surface area (Å²) in [4.78, 5) is 12.0. The topological polar surface area (TPSA) is 26.3 Å². The van der Waals surface area contributed by atoms with Gasteiger partial charge in [0.2, 0.25) is 0 Å². The molecule has 4 aliphatic rings. The van der Waals surface area contributed by atoms with E-state index in [-0.39, 0.29) is 12.1 Å². The third-order valence-corrected chi connectivity index (χ3v) is 11.1. The normalized spacial score (nSPS) is 41.1. The minimum atomic E-state index is -0.0687. The Labute approximate surface area is 209 Å². The van der Waals surface area contributed by atoms with Crippen molar-refractivity contribution in [3.8, 4) is 0 Å². The third kappa shape index (κ3) is 4.96. The molecule has 188 valence electrons. The summed E-state index contributed by atoms with van der Waals surface area (Å²) in [6, 6.07) is 0. The SMILES string of the molecule is CC(C)CCC[C@@H](C)[C@H]1CC[C@H]2[C@@H]3CC=C4C[C@@H](OC(=O)CCS)CC[C@]4(C)[C@H]3CC[C@]12C. The highest BCUT2D eigenvalue weighted by atomic mass is 32.1. The monoisotopic (exact) mass is 474 g/mol. The Morgan fingerprint density at radius 3 is 2.61 bits per heavy atom. The second-order valence-corrected chi connectivity index (χ2v) is 13.6. The molecule has 0 radical (unpaired) electrons. The molecule has 0 aromatic heterocycles. The Bertz CT molecular complexity index is 729. The van der Waals surface area contributed by atoms with Gasteiger partial charge in [-0.2, -0.15) is 12.6 Å². The van der Waals surface area contributed by atoms with E-state index in [2.05, 4.69) is 53.3 Å². The van der Waals surface area contributed by atoms with Crippen LogP contribution < -0.4 is 0 Å². The summed E-state index contributed by atoms with van der Waals surface area (Å²) in [5.41, 5.74) is 2.50. The van der Waals surface area contributed by atoms with Gasteiger partial charge in [0.05, 0.1) is 6.42 Å². The van der Waals surface area contributed by atoms with Crippen molar-refractivity contribution >= 4 is 18.6 Å². The lowest BCUT2D eigenvalue weighted by molar-refractivity contribution is -0.151. The molecule has 33 heavy (non-hydrogen) atoms. The Balaban J connectivity index is 1.43. The number of hydrogen-bond acceptors (Lipinski definition) is 3. The number of thiol groups is 1. The van der Waals surface area contributed by atoms with Gasteiger partial charge in [-0.25, -0.2) is 0 Å². The zero-order chi connectivity index (χ0) is 23.8. The van der Waals surface area contributed by atoms with Gasteiger partial charge in [-0.05, 0) is 91.3 Å². The summed E-state index contributed by atoms with van der Waals surface area (Å²) >= 11 is 4.18. The molecule has 0 spiro atoms. The molecule has 0 saturated heterocycles. The zero-order valence-corrected chi connectivity index (χ0v) is 23.0. The predicted molar refractivity (Wildman–Crippen MR) is 141 cm³/mol. The van der Waals surface area contributed by atoms with Crippen LogP contribution in [0.4, 0.5) is 0 Å². The lowest BCUT2D eigenvalue weighted by Gasteiger charge is -2.58. The van der Waals surface area contributed by atoms with E-state index in [1.807, 2.05) is 0 Å². The maximum Gasteiger partial charge on any atom is 0.306 e. The van der Waals surface area contributed by atoms with Crippen molar-refractivity contribution in [3.63, 3.8) is 0 Å². The van der Waals surface area contributed by atoms with E-state index in [0.29, 0.717) is 23.0 Å². The number of esters is 1. The molecule has 0 aliphatic heterocycles. The largest absolute Gasteiger partial charge is 0.462 e. The number of hydrogen-bond donors (Lipinski definition) is 1. The van der Waals surface area contributed by atoms with Gasteiger partial charge in [0.1, 0.15) is 6.10 Å². The molecule has 0 aromatic rings. The van der Waals surface area contributed by atoms with Gasteiger partial charge >= 0.3 is 5.97 Å². The fraction of sp³-hybridized carbons (Fsp3) is 0.900. The summed E-state index contributed by atoms with van der Waals surface area (Å²) in [5.74, 6) is 5.76. The second-order valence-electron chi connectivity index (χ2n) is 13.1. The first-order valence-electron chi connectivity index (χ1n) is 14.2. The van der Waals surface area contributed by atoms with Gasteiger partial charge in [-0.3, -0.25) is 4.79 Å². The summed E-state index contributed by atoms with van der Waals surface area (Å²) in [6.45, 7) is 12.5. The molecule has 3 fully saturated rings. The molecule has 0 N–H and O–H groups in total. The fourth-order valence-electron chi connectivity index (χ4n) is 9.09. The predicted octanol–water partition coefficient (Wildman–Crippen LogP) is 8.26. The van der Waals surface area contributed by atoms with Crippen LogP contribution in [0.15, 0.2) is 11.6 Å². The molecule has 3 saturated carbocycles. The molecule has 4 rings (SSSR count). The molecule has 8 atom stereocenters. The molecular weight excluding hydrogens is 424 g/mol. The highest BCUT2D eigenvalue weighted by Crippen LogP contribution is 2.67. The van der Waals surface area contributed by atoms with Gasteiger partial charge in [0, 0.05) is 12.2 Å². The average Bonchev–Trinajstić information content (AvgIpc) is 3.11. The molecule has 3 heteroatoms. The minimum Gasteiger partial charge on any atom is -0.462 e. The van der Waals surface area contributed by atoms with Crippen molar-refractivity contribution in [2.45, 2.75) is 118 Å². The van der Waals surface area contributed by atoms with Crippen molar-refractivity contribution in [2.75, 3.05) is 5.75 Å². The standard InChI is InChI=1S/C30H50O2S/c1-20(2)7-6-8-21(3)25-11-12-26-24-10-9-22-19-23(32-28(31)15-18-33)13-16-29(22,4)27(24)14-17-30(25,26)5/h9,20-21,23-27,33H,6-8,10-19H2,1-5H3/t21-,23+,24+,25-,26+,27+,29+,30-/m1/s1. The van der Waals surface area contributed by atoms with Gasteiger partial charge in [-0.1, -0.05) is 65.5 Å². The van der Waals surface area contributed by atoms with Crippen LogP contribution in [0.2, 0.25) is 0 Å². The third-order valence-electron chi connectivity index (χ3n) is 10.9. The molecule has 0 aromatic carbocycles. The van der Waals surface area contributed by atoms with Crippen LogP contribution in [0.25, 0.3) is 0 Å². The lowest BCUT2D eigenvalue weighted by atomic mass is 9.47. The Morgan fingerprint density at radius 1 is 1.09 bits per heavy atom. The molecule has 2 nitrogen and oxygen atoms in total. The van der Waals surface area contributed by atoms with E-state index in [9.17, 15) is 4.79 Å². The number of ether oxygens (including phenoxy) is 1. The maximum absolute atomic E-state index is 12.0. The van der Waals surface area contributed by atoms with Gasteiger partial charge in [0.15, 0.2) is 0 Å². The van der Waals surface area contributed by atoms with Crippen LogP contribution in [0.5, 0.6) is 0 Å². The molecular formula is C30H50O2S. The van der Waals surface area contributed by atoms with Crippen molar-refractivity contribution in [1.82, 2.24) is 0 Å². The number of fused-ring (bicyclic) bond motifs is 5. The number of carbonyl (C=O) groups is 1. The molecule has 0 heterocycles. The summed E-state index contributed by atoms with van der Waals surface area (Å²) in [7, 11) is 0. The van der Waals surface area contributed by atoms with Gasteiger partial charge in [0.25, 0.3) is 0 Å². The van der Waals surface area contributed by atoms with Crippen molar-refractivity contribution < 1.29 is 9.53 Å². The van der Waals surface area contributed by atoms with Crippen molar-refractivity contribution in [1.29, 1.82) is 0 Å². The average molecular weight is 475 g/mol. The van der Waals surface area contributed by atoms with Crippen LogP contribution in [0, 0.1) is 46.3 Å². The smallest absolute Gasteiger partial charge is 0.306 e. The van der Waals surface area contributed by atoms with Crippen LogP contribution >= 0.6 is 12.6 Å².